The zero-order valence-corrected chi connectivity index (χ0v) is 18.9. The molecule has 162 valence electrons. The van der Waals surface area contributed by atoms with E-state index in [-0.39, 0.29) is 23.7 Å². The highest BCUT2D eigenvalue weighted by Crippen LogP contribution is 2.23. The van der Waals surface area contributed by atoms with Crippen LogP contribution in [0.5, 0.6) is 0 Å². The molecular formula is C21H29N5O3S. The first-order valence-corrected chi connectivity index (χ1v) is 11.0. The fraction of sp³-hybridized carbons (Fsp3) is 0.524. The summed E-state index contributed by atoms with van der Waals surface area (Å²) in [6.07, 6.45) is 1.90. The molecule has 0 aliphatic carbocycles. The van der Waals surface area contributed by atoms with Crippen LogP contribution < -0.4 is 5.32 Å². The summed E-state index contributed by atoms with van der Waals surface area (Å²) < 4.78 is 7.20. The van der Waals surface area contributed by atoms with Gasteiger partial charge in [-0.15, -0.1) is 10.2 Å². The lowest BCUT2D eigenvalue weighted by Crippen LogP contribution is -2.46. The third-order valence-corrected chi connectivity index (χ3v) is 5.86. The first-order valence-electron chi connectivity index (χ1n) is 10.0. The van der Waals surface area contributed by atoms with Crippen LogP contribution in [-0.2, 0) is 9.53 Å². The number of hydrogen-bond acceptors (Lipinski definition) is 6. The molecule has 1 saturated heterocycles. The molecule has 2 aromatic rings. The predicted molar refractivity (Wildman–Crippen MR) is 116 cm³/mol. The van der Waals surface area contributed by atoms with Crippen molar-refractivity contribution >= 4 is 23.8 Å². The van der Waals surface area contributed by atoms with Gasteiger partial charge in [0.15, 0.2) is 5.16 Å². The van der Waals surface area contributed by atoms with Crippen LogP contribution >= 0.6 is 11.8 Å². The van der Waals surface area contributed by atoms with Gasteiger partial charge in [-0.1, -0.05) is 29.5 Å². The average Bonchev–Trinajstić information content (AvgIpc) is 3.26. The molecule has 3 rings (SSSR count). The van der Waals surface area contributed by atoms with Crippen LogP contribution in [0.25, 0.3) is 5.69 Å². The fourth-order valence-corrected chi connectivity index (χ4v) is 4.17. The number of carbonyl (C=O) groups is 2. The number of benzene rings is 1. The Morgan fingerprint density at radius 2 is 1.97 bits per heavy atom. The summed E-state index contributed by atoms with van der Waals surface area (Å²) in [5.74, 6) is 0.271. The number of aryl methyl sites for hydroxylation is 1. The maximum atomic E-state index is 12.8. The van der Waals surface area contributed by atoms with Gasteiger partial charge >= 0.3 is 6.09 Å². The van der Waals surface area contributed by atoms with Gasteiger partial charge in [-0.25, -0.2) is 4.79 Å². The molecule has 0 bridgehead atoms. The quantitative estimate of drug-likeness (QED) is 0.732. The number of aromatic nitrogens is 3. The number of likely N-dealkylation sites (tertiary alicyclic amines) is 1. The molecular weight excluding hydrogens is 402 g/mol. The second kappa shape index (κ2) is 9.07. The lowest BCUT2D eigenvalue weighted by Gasteiger charge is -2.26. The highest BCUT2D eigenvalue weighted by Gasteiger charge is 2.35. The molecule has 2 amide bonds. The Morgan fingerprint density at radius 3 is 2.63 bits per heavy atom. The van der Waals surface area contributed by atoms with Crippen LogP contribution in [0.15, 0.2) is 35.7 Å². The summed E-state index contributed by atoms with van der Waals surface area (Å²) in [5.41, 5.74) is 1.58. The Kier molecular flexibility index (Phi) is 6.70. The number of amides is 2. The Bertz CT molecular complexity index is 891. The molecule has 1 aliphatic rings. The van der Waals surface area contributed by atoms with Crippen molar-refractivity contribution in [3.8, 4) is 5.69 Å². The van der Waals surface area contributed by atoms with Gasteiger partial charge in [-0.05, 0) is 53.2 Å². The normalized spacial score (nSPS) is 19.0. The van der Waals surface area contributed by atoms with Crippen molar-refractivity contribution in [2.75, 3.05) is 12.3 Å². The van der Waals surface area contributed by atoms with Crippen LogP contribution in [-0.4, -0.2) is 61.6 Å². The maximum Gasteiger partial charge on any atom is 0.407 e. The number of hydrogen-bond donors (Lipinski definition) is 1. The van der Waals surface area contributed by atoms with Crippen molar-refractivity contribution < 1.29 is 14.3 Å². The molecule has 1 N–H and O–H groups in total. The topological polar surface area (TPSA) is 89.4 Å². The number of alkyl carbamates (subject to hydrolysis) is 1. The number of nitrogens with zero attached hydrogens (tertiary/aromatic N) is 4. The Morgan fingerprint density at radius 1 is 1.27 bits per heavy atom. The summed E-state index contributed by atoms with van der Waals surface area (Å²) >= 11 is 1.36. The van der Waals surface area contributed by atoms with Crippen LogP contribution in [0.3, 0.4) is 0 Å². The van der Waals surface area contributed by atoms with Crippen molar-refractivity contribution in [2.45, 2.75) is 63.9 Å². The lowest BCUT2D eigenvalue weighted by atomic mass is 10.1. The molecule has 9 heteroatoms. The van der Waals surface area contributed by atoms with Crippen LogP contribution in [0.4, 0.5) is 4.79 Å². The van der Waals surface area contributed by atoms with Crippen molar-refractivity contribution in [1.29, 1.82) is 0 Å². The molecule has 2 heterocycles. The van der Waals surface area contributed by atoms with E-state index in [0.717, 1.165) is 5.69 Å². The first-order chi connectivity index (χ1) is 14.1. The Labute approximate surface area is 181 Å². The Hall–Kier alpha value is -2.55. The van der Waals surface area contributed by atoms with Crippen molar-refractivity contribution in [3.63, 3.8) is 0 Å². The minimum Gasteiger partial charge on any atom is -0.444 e. The number of nitrogens with one attached hydrogen (secondary N) is 1. The van der Waals surface area contributed by atoms with E-state index in [0.29, 0.717) is 18.1 Å². The van der Waals surface area contributed by atoms with Gasteiger partial charge in [0.25, 0.3) is 0 Å². The highest BCUT2D eigenvalue weighted by atomic mass is 32.2. The van der Waals surface area contributed by atoms with Gasteiger partial charge < -0.3 is 15.0 Å². The molecule has 8 nitrogen and oxygen atoms in total. The second-order valence-corrected chi connectivity index (χ2v) is 9.42. The van der Waals surface area contributed by atoms with E-state index in [1.807, 2.05) is 68.4 Å². The molecule has 0 saturated carbocycles. The third-order valence-electron chi connectivity index (χ3n) is 4.93. The van der Waals surface area contributed by atoms with Gasteiger partial charge in [0.05, 0.1) is 11.8 Å². The van der Waals surface area contributed by atoms with Gasteiger partial charge in [0, 0.05) is 18.3 Å². The van der Waals surface area contributed by atoms with Crippen molar-refractivity contribution in [1.82, 2.24) is 25.0 Å². The molecule has 1 fully saturated rings. The summed E-state index contributed by atoms with van der Waals surface area (Å²) in [6.45, 7) is 10.1. The molecule has 30 heavy (non-hydrogen) atoms. The number of rotatable bonds is 5. The van der Waals surface area contributed by atoms with Crippen LogP contribution in [0.1, 0.15) is 39.7 Å². The van der Waals surface area contributed by atoms with E-state index in [1.54, 1.807) is 6.33 Å². The Balaban J connectivity index is 1.56. The van der Waals surface area contributed by atoms with Crippen molar-refractivity contribution in [3.05, 3.63) is 36.2 Å². The van der Waals surface area contributed by atoms with E-state index in [9.17, 15) is 9.59 Å². The standard InChI is InChI=1S/C21H29N5O3S/c1-14-6-8-16(9-7-14)26-13-22-24-19(26)30-12-18(27)25-11-10-17(15(25)2)23-20(28)29-21(3,4)5/h6-9,13,15,17H,10-12H2,1-5H3,(H,23,28). The summed E-state index contributed by atoms with van der Waals surface area (Å²) in [5, 5.41) is 11.7. The predicted octanol–water partition coefficient (Wildman–Crippen LogP) is 3.18. The van der Waals surface area contributed by atoms with E-state index < -0.39 is 11.7 Å². The summed E-state index contributed by atoms with van der Waals surface area (Å²) in [6, 6.07) is 7.84. The maximum absolute atomic E-state index is 12.8. The highest BCUT2D eigenvalue weighted by molar-refractivity contribution is 7.99. The zero-order valence-electron chi connectivity index (χ0n) is 18.1. The van der Waals surface area contributed by atoms with E-state index in [4.69, 9.17) is 4.74 Å². The van der Waals surface area contributed by atoms with Crippen LogP contribution in [0.2, 0.25) is 0 Å². The summed E-state index contributed by atoms with van der Waals surface area (Å²) in [7, 11) is 0. The zero-order chi connectivity index (χ0) is 21.9. The van der Waals surface area contributed by atoms with E-state index >= 15 is 0 Å². The monoisotopic (exact) mass is 431 g/mol. The molecule has 2 atom stereocenters. The van der Waals surface area contributed by atoms with Gasteiger partial charge in [-0.3, -0.25) is 9.36 Å². The number of carbonyl (C=O) groups excluding carboxylic acids is 2. The third kappa shape index (κ3) is 5.53. The van der Waals surface area contributed by atoms with Gasteiger partial charge in [-0.2, -0.15) is 0 Å². The SMILES string of the molecule is Cc1ccc(-n2cnnc2SCC(=O)N2CCC(NC(=O)OC(C)(C)C)C2C)cc1. The number of ether oxygens (including phenoxy) is 1. The minimum absolute atomic E-state index is 0.0134. The number of thioether (sulfide) groups is 1. The van der Waals surface area contributed by atoms with Crippen molar-refractivity contribution in [2.24, 2.45) is 0 Å². The van der Waals surface area contributed by atoms with Gasteiger partial charge in [0.2, 0.25) is 5.91 Å². The largest absolute Gasteiger partial charge is 0.444 e. The lowest BCUT2D eigenvalue weighted by molar-refractivity contribution is -0.129. The molecule has 2 unspecified atom stereocenters. The molecule has 0 radical (unpaired) electrons. The van der Waals surface area contributed by atoms with E-state index in [1.165, 1.54) is 17.3 Å². The molecule has 1 aromatic carbocycles. The summed E-state index contributed by atoms with van der Waals surface area (Å²) in [4.78, 5) is 26.7. The van der Waals surface area contributed by atoms with Crippen LogP contribution in [0, 0.1) is 6.92 Å². The fourth-order valence-electron chi connectivity index (χ4n) is 3.36. The first kappa shape index (κ1) is 22.1. The molecule has 1 aliphatic heterocycles. The van der Waals surface area contributed by atoms with E-state index in [2.05, 4.69) is 15.5 Å². The minimum atomic E-state index is -0.550. The molecule has 0 spiro atoms. The molecule has 1 aromatic heterocycles. The smallest absolute Gasteiger partial charge is 0.407 e. The second-order valence-electron chi connectivity index (χ2n) is 8.48. The van der Waals surface area contributed by atoms with Gasteiger partial charge in [0.1, 0.15) is 11.9 Å². The average molecular weight is 432 g/mol.